The molecule has 0 radical (unpaired) electrons. The zero-order chi connectivity index (χ0) is 25.0. The van der Waals surface area contributed by atoms with Crippen molar-refractivity contribution in [1.29, 1.82) is 0 Å². The number of sulfonamides is 1. The molecule has 34 heavy (non-hydrogen) atoms. The van der Waals surface area contributed by atoms with Crippen molar-refractivity contribution in [2.45, 2.75) is 13.8 Å². The molecule has 0 aliphatic carbocycles. The molecule has 0 aliphatic rings. The summed E-state index contributed by atoms with van der Waals surface area (Å²) in [6, 6.07) is 17.1. The van der Waals surface area contributed by atoms with Crippen LogP contribution in [0.5, 0.6) is 0 Å². The van der Waals surface area contributed by atoms with Crippen LogP contribution in [0.25, 0.3) is 11.1 Å². The fourth-order valence-corrected chi connectivity index (χ4v) is 4.12. The van der Waals surface area contributed by atoms with E-state index in [9.17, 15) is 18.0 Å². The topological polar surface area (TPSA) is 122 Å². The second-order valence-electron chi connectivity index (χ2n) is 8.03. The van der Waals surface area contributed by atoms with E-state index in [0.717, 1.165) is 11.3 Å². The van der Waals surface area contributed by atoms with Crippen LogP contribution in [0.1, 0.15) is 33.2 Å². The van der Waals surface area contributed by atoms with Crippen LogP contribution in [-0.4, -0.2) is 40.1 Å². The van der Waals surface area contributed by atoms with Gasteiger partial charge in [0.1, 0.15) is 0 Å². The molecule has 0 heterocycles. The van der Waals surface area contributed by atoms with Crippen molar-refractivity contribution in [3.63, 3.8) is 0 Å². The molecule has 0 spiro atoms. The van der Waals surface area contributed by atoms with Crippen molar-refractivity contribution in [1.82, 2.24) is 0 Å². The van der Waals surface area contributed by atoms with Crippen molar-refractivity contribution in [3.8, 4) is 11.1 Å². The van der Waals surface area contributed by atoms with Gasteiger partial charge in [0, 0.05) is 42.2 Å². The Morgan fingerprint density at radius 1 is 1.00 bits per heavy atom. The van der Waals surface area contributed by atoms with Crippen LogP contribution in [0, 0.1) is 6.92 Å². The molecule has 0 aromatic heterocycles. The van der Waals surface area contributed by atoms with E-state index in [1.807, 2.05) is 32.0 Å². The lowest BCUT2D eigenvalue weighted by molar-refractivity contribution is 0.0998. The summed E-state index contributed by atoms with van der Waals surface area (Å²) in [6.07, 6.45) is 0. The number of carbonyl (C=O) groups excluding carboxylic acids is 2. The third-order valence-electron chi connectivity index (χ3n) is 5.36. The van der Waals surface area contributed by atoms with Gasteiger partial charge in [-0.3, -0.25) is 14.3 Å². The van der Waals surface area contributed by atoms with Gasteiger partial charge in [-0.2, -0.15) is 0 Å². The molecule has 0 saturated carbocycles. The summed E-state index contributed by atoms with van der Waals surface area (Å²) in [7, 11) is 0.175. The van der Waals surface area contributed by atoms with E-state index in [1.165, 1.54) is 6.92 Å². The Bertz CT molecular complexity index is 1350. The van der Waals surface area contributed by atoms with Crippen LogP contribution >= 0.6 is 0 Å². The van der Waals surface area contributed by atoms with Gasteiger partial charge >= 0.3 is 0 Å². The Kier molecular flexibility index (Phi) is 7.26. The number of rotatable bonds is 8. The first-order chi connectivity index (χ1) is 16.0. The van der Waals surface area contributed by atoms with Gasteiger partial charge in [-0.05, 0) is 67.4 Å². The number of anilines is 3. The molecule has 4 N–H and O–H groups in total. The van der Waals surface area contributed by atoms with Crippen molar-refractivity contribution in [2.75, 3.05) is 34.8 Å². The molecule has 0 saturated heterocycles. The highest BCUT2D eigenvalue weighted by atomic mass is 32.2. The van der Waals surface area contributed by atoms with E-state index in [4.69, 9.17) is 5.73 Å². The smallest absolute Gasteiger partial charge is 0.255 e. The zero-order valence-electron chi connectivity index (χ0n) is 19.5. The van der Waals surface area contributed by atoms with Gasteiger partial charge in [0.15, 0.2) is 0 Å². The van der Waals surface area contributed by atoms with Crippen LogP contribution < -0.4 is 20.7 Å². The molecule has 0 unspecified atom stereocenters. The first-order valence-corrected chi connectivity index (χ1v) is 12.3. The summed E-state index contributed by atoms with van der Waals surface area (Å²) < 4.78 is 27.1. The highest BCUT2D eigenvalue weighted by Gasteiger charge is 2.20. The molecular weight excluding hydrogens is 452 g/mol. The summed E-state index contributed by atoms with van der Waals surface area (Å²) in [5, 5.41) is 2.88. The van der Waals surface area contributed by atoms with E-state index in [-0.39, 0.29) is 22.9 Å². The van der Waals surface area contributed by atoms with Gasteiger partial charge in [-0.1, -0.05) is 18.2 Å². The quantitative estimate of drug-likeness (QED) is 0.452. The monoisotopic (exact) mass is 480 g/mol. The number of aryl methyl sites for hydroxylation is 1. The predicted molar refractivity (Wildman–Crippen MR) is 137 cm³/mol. The number of nitrogens with one attached hydrogen (secondary N) is 2. The molecule has 3 aromatic rings. The number of primary amides is 1. The van der Waals surface area contributed by atoms with Crippen LogP contribution in [0.4, 0.5) is 17.1 Å². The Morgan fingerprint density at radius 2 is 1.71 bits per heavy atom. The minimum atomic E-state index is -3.61. The number of hydrogen-bond acceptors (Lipinski definition) is 5. The third-order valence-corrected chi connectivity index (χ3v) is 6.66. The minimum Gasteiger partial charge on any atom is -0.378 e. The lowest BCUT2D eigenvalue weighted by atomic mass is 9.93. The second-order valence-corrected chi connectivity index (χ2v) is 10.0. The van der Waals surface area contributed by atoms with Gasteiger partial charge in [0.25, 0.3) is 5.91 Å². The molecule has 0 bridgehead atoms. The third kappa shape index (κ3) is 5.55. The predicted octanol–water partition coefficient (Wildman–Crippen LogP) is 3.84. The lowest BCUT2D eigenvalue weighted by Gasteiger charge is -2.18. The molecule has 9 heteroatoms. The number of nitrogens with zero attached hydrogens (tertiary/aromatic N) is 1. The number of amides is 2. The standard InChI is InChI=1S/C25H28N4O4S/c1-5-34(32,33)28-22-11-7-10-20(24(26)30)23(22)21-15-18(13-12-16(21)2)27-25(31)17-8-6-9-19(14-17)29(3)4/h6-15,28H,5H2,1-4H3,(H2,26,30)(H,27,31). The summed E-state index contributed by atoms with van der Waals surface area (Å²) in [6.45, 7) is 3.35. The molecule has 0 atom stereocenters. The van der Waals surface area contributed by atoms with Gasteiger partial charge in [-0.15, -0.1) is 0 Å². The zero-order valence-corrected chi connectivity index (χ0v) is 20.4. The number of carbonyl (C=O) groups is 2. The minimum absolute atomic E-state index is 0.131. The van der Waals surface area contributed by atoms with Crippen LogP contribution in [0.3, 0.4) is 0 Å². The van der Waals surface area contributed by atoms with Gasteiger partial charge < -0.3 is 16.0 Å². The first-order valence-electron chi connectivity index (χ1n) is 10.7. The average Bonchev–Trinajstić information content (AvgIpc) is 2.80. The maximum atomic E-state index is 12.9. The van der Waals surface area contributed by atoms with Crippen molar-refractivity contribution in [3.05, 3.63) is 77.4 Å². The van der Waals surface area contributed by atoms with Gasteiger partial charge in [0.05, 0.1) is 11.4 Å². The van der Waals surface area contributed by atoms with Crippen LogP contribution in [0.15, 0.2) is 60.7 Å². The number of hydrogen-bond donors (Lipinski definition) is 3. The fourth-order valence-electron chi connectivity index (χ4n) is 3.47. The Balaban J connectivity index is 2.07. The fraction of sp³-hybridized carbons (Fsp3) is 0.200. The molecule has 3 aromatic carbocycles. The SMILES string of the molecule is CCS(=O)(=O)Nc1cccc(C(N)=O)c1-c1cc(NC(=O)c2cccc(N(C)C)c2)ccc1C. The summed E-state index contributed by atoms with van der Waals surface area (Å²) >= 11 is 0. The van der Waals surface area contributed by atoms with E-state index in [1.54, 1.807) is 54.6 Å². The van der Waals surface area contributed by atoms with E-state index in [2.05, 4.69) is 10.0 Å². The van der Waals surface area contributed by atoms with Gasteiger partial charge in [-0.25, -0.2) is 8.42 Å². The maximum Gasteiger partial charge on any atom is 0.255 e. The van der Waals surface area contributed by atoms with Crippen molar-refractivity contribution < 1.29 is 18.0 Å². The average molecular weight is 481 g/mol. The summed E-state index contributed by atoms with van der Waals surface area (Å²) in [5.41, 5.74) is 9.59. The summed E-state index contributed by atoms with van der Waals surface area (Å²) in [4.78, 5) is 27.0. The molecule has 3 rings (SSSR count). The molecular formula is C25H28N4O4S. The first kappa shape index (κ1) is 24.8. The Hall–Kier alpha value is -3.85. The van der Waals surface area contributed by atoms with Gasteiger partial charge in [0.2, 0.25) is 15.9 Å². The lowest BCUT2D eigenvalue weighted by Crippen LogP contribution is -2.18. The van der Waals surface area contributed by atoms with Crippen LogP contribution in [-0.2, 0) is 10.0 Å². The van der Waals surface area contributed by atoms with E-state index >= 15 is 0 Å². The number of nitrogens with two attached hydrogens (primary N) is 1. The Morgan fingerprint density at radius 3 is 2.35 bits per heavy atom. The normalized spacial score (nSPS) is 11.1. The van der Waals surface area contributed by atoms with Crippen LogP contribution in [0.2, 0.25) is 0 Å². The number of benzene rings is 3. The molecule has 178 valence electrons. The highest BCUT2D eigenvalue weighted by Crippen LogP contribution is 2.36. The maximum absolute atomic E-state index is 12.9. The van der Waals surface area contributed by atoms with E-state index < -0.39 is 15.9 Å². The molecule has 2 amide bonds. The largest absolute Gasteiger partial charge is 0.378 e. The second kappa shape index (κ2) is 9.96. The molecule has 8 nitrogen and oxygen atoms in total. The molecule has 0 aliphatic heterocycles. The summed E-state index contributed by atoms with van der Waals surface area (Å²) in [5.74, 6) is -1.12. The van der Waals surface area contributed by atoms with E-state index in [0.29, 0.717) is 22.4 Å². The highest BCUT2D eigenvalue weighted by molar-refractivity contribution is 7.92. The van der Waals surface area contributed by atoms with Crippen molar-refractivity contribution >= 4 is 38.9 Å². The molecule has 0 fully saturated rings. The Labute approximate surface area is 199 Å². The van der Waals surface area contributed by atoms with Crippen molar-refractivity contribution in [2.24, 2.45) is 5.73 Å².